The molecular formula is C31H35NO4. The van der Waals surface area contributed by atoms with Crippen molar-refractivity contribution in [3.63, 3.8) is 0 Å². The quantitative estimate of drug-likeness (QED) is 0.290. The number of hydrogen-bond acceptors (Lipinski definition) is 5. The van der Waals surface area contributed by atoms with Gasteiger partial charge in [-0.2, -0.15) is 0 Å². The van der Waals surface area contributed by atoms with Gasteiger partial charge in [-0.3, -0.25) is 0 Å². The highest BCUT2D eigenvalue weighted by Crippen LogP contribution is 2.45. The number of nitrogens with zero attached hydrogens (tertiary/aromatic N) is 1. The van der Waals surface area contributed by atoms with Crippen LogP contribution in [0.4, 0.5) is 5.69 Å². The largest absolute Gasteiger partial charge is 0.497 e. The van der Waals surface area contributed by atoms with Gasteiger partial charge in [0, 0.05) is 18.3 Å². The molecule has 0 amide bonds. The second-order valence-corrected chi connectivity index (χ2v) is 9.59. The van der Waals surface area contributed by atoms with Crippen LogP contribution in [0.2, 0.25) is 0 Å². The molecule has 0 saturated carbocycles. The average Bonchev–Trinajstić information content (AvgIpc) is 2.88. The number of aryl methyl sites for hydroxylation is 1. The number of rotatable bonds is 7. The molecule has 36 heavy (non-hydrogen) atoms. The molecule has 4 rings (SSSR count). The maximum atomic E-state index is 11.5. The summed E-state index contributed by atoms with van der Waals surface area (Å²) in [5, 5.41) is 0. The monoisotopic (exact) mass is 485 g/mol. The van der Waals surface area contributed by atoms with Crippen LogP contribution in [0.3, 0.4) is 0 Å². The zero-order valence-electron chi connectivity index (χ0n) is 22.0. The first-order valence-electron chi connectivity index (χ1n) is 12.3. The van der Waals surface area contributed by atoms with Gasteiger partial charge in [0.15, 0.2) is 0 Å². The Morgan fingerprint density at radius 3 is 2.42 bits per heavy atom. The summed E-state index contributed by atoms with van der Waals surface area (Å²) >= 11 is 0. The number of carbonyl (C=O) groups is 1. The fraction of sp³-hybridized carbons (Fsp3) is 0.323. The van der Waals surface area contributed by atoms with Crippen LogP contribution in [0, 0.1) is 6.92 Å². The molecule has 5 heteroatoms. The van der Waals surface area contributed by atoms with E-state index in [4.69, 9.17) is 14.2 Å². The predicted octanol–water partition coefficient (Wildman–Crippen LogP) is 6.30. The summed E-state index contributed by atoms with van der Waals surface area (Å²) in [6.45, 7) is 9.34. The summed E-state index contributed by atoms with van der Waals surface area (Å²) in [5.74, 6) is 1.42. The second kappa shape index (κ2) is 10.5. The summed E-state index contributed by atoms with van der Waals surface area (Å²) in [4.78, 5) is 14.0. The van der Waals surface area contributed by atoms with Gasteiger partial charge in [-0.1, -0.05) is 30.3 Å². The summed E-state index contributed by atoms with van der Waals surface area (Å²) < 4.78 is 16.2. The molecule has 1 aliphatic heterocycles. The van der Waals surface area contributed by atoms with Crippen LogP contribution in [0.15, 0.2) is 66.7 Å². The van der Waals surface area contributed by atoms with Crippen molar-refractivity contribution < 1.29 is 19.0 Å². The Balaban J connectivity index is 1.80. The van der Waals surface area contributed by atoms with Gasteiger partial charge >= 0.3 is 5.97 Å². The lowest BCUT2D eigenvalue weighted by molar-refractivity contribution is -0.134. The zero-order chi connectivity index (χ0) is 25.9. The van der Waals surface area contributed by atoms with E-state index >= 15 is 0 Å². The molecule has 0 aromatic heterocycles. The van der Waals surface area contributed by atoms with Crippen molar-refractivity contribution in [3.8, 4) is 11.5 Å². The van der Waals surface area contributed by atoms with Gasteiger partial charge in [-0.15, -0.1) is 0 Å². The first kappa shape index (κ1) is 25.4. The molecule has 3 aromatic carbocycles. The highest BCUT2D eigenvalue weighted by atomic mass is 16.5. The second-order valence-electron chi connectivity index (χ2n) is 9.59. The van der Waals surface area contributed by atoms with Crippen LogP contribution in [0.25, 0.3) is 6.08 Å². The molecular weight excluding hydrogens is 450 g/mol. The third-order valence-corrected chi connectivity index (χ3v) is 6.90. The van der Waals surface area contributed by atoms with Crippen LogP contribution < -0.4 is 14.4 Å². The predicted molar refractivity (Wildman–Crippen MR) is 145 cm³/mol. The summed E-state index contributed by atoms with van der Waals surface area (Å²) in [6.07, 6.45) is 4.26. The topological polar surface area (TPSA) is 48.0 Å². The standard InChI is InChI=1S/C31H35NO4/c1-21(2)36-29-15-12-26(19-22(29)3)32-18-17-24-20-27(34-5)13-14-28(24)31(32,4)25-10-7-23(8-11-25)9-16-30(33)35-6/h7-16,19-21H,17-18H2,1-6H3. The molecule has 1 atom stereocenters. The number of carbonyl (C=O) groups excluding carboxylic acids is 1. The van der Waals surface area contributed by atoms with E-state index in [0.29, 0.717) is 0 Å². The first-order valence-corrected chi connectivity index (χ1v) is 12.3. The van der Waals surface area contributed by atoms with E-state index in [1.807, 2.05) is 32.0 Å². The Hall–Kier alpha value is -3.73. The van der Waals surface area contributed by atoms with Gasteiger partial charge in [-0.05, 0) is 98.3 Å². The summed E-state index contributed by atoms with van der Waals surface area (Å²) in [5.41, 5.74) is 6.53. The van der Waals surface area contributed by atoms with Crippen molar-refractivity contribution in [3.05, 3.63) is 94.6 Å². The van der Waals surface area contributed by atoms with Crippen LogP contribution in [0.5, 0.6) is 11.5 Å². The number of ether oxygens (including phenoxy) is 3. The molecule has 1 unspecified atom stereocenters. The SMILES string of the molecule is COC(=O)C=Cc1ccc(C2(C)c3ccc(OC)cc3CCN2c2ccc(OC(C)C)c(C)c2)cc1. The van der Waals surface area contributed by atoms with E-state index in [-0.39, 0.29) is 12.1 Å². The lowest BCUT2D eigenvalue weighted by Crippen LogP contribution is -2.49. The zero-order valence-corrected chi connectivity index (χ0v) is 22.0. The molecule has 1 aliphatic rings. The minimum Gasteiger partial charge on any atom is -0.497 e. The first-order chi connectivity index (χ1) is 17.3. The van der Waals surface area contributed by atoms with Crippen molar-refractivity contribution in [1.82, 2.24) is 0 Å². The fourth-order valence-corrected chi connectivity index (χ4v) is 5.02. The molecule has 0 fully saturated rings. The van der Waals surface area contributed by atoms with Gasteiger partial charge in [0.25, 0.3) is 0 Å². The molecule has 0 spiro atoms. The molecule has 0 saturated heterocycles. The van der Waals surface area contributed by atoms with Crippen molar-refractivity contribution in [2.24, 2.45) is 0 Å². The van der Waals surface area contributed by atoms with E-state index in [2.05, 4.69) is 61.2 Å². The van der Waals surface area contributed by atoms with Crippen LogP contribution in [-0.4, -0.2) is 32.8 Å². The third kappa shape index (κ3) is 4.97. The molecule has 5 nitrogen and oxygen atoms in total. The Morgan fingerprint density at radius 2 is 1.78 bits per heavy atom. The van der Waals surface area contributed by atoms with Gasteiger partial charge in [-0.25, -0.2) is 4.79 Å². The normalized spacial score (nSPS) is 17.2. The smallest absolute Gasteiger partial charge is 0.330 e. The van der Waals surface area contributed by atoms with Crippen molar-refractivity contribution in [2.75, 3.05) is 25.7 Å². The molecule has 0 aliphatic carbocycles. The summed E-state index contributed by atoms with van der Waals surface area (Å²) in [6, 6.07) is 21.2. The Kier molecular flexibility index (Phi) is 7.39. The number of anilines is 1. The lowest BCUT2D eigenvalue weighted by atomic mass is 9.76. The molecule has 3 aromatic rings. The minimum absolute atomic E-state index is 0.128. The molecule has 1 heterocycles. The number of methoxy groups -OCH3 is 2. The number of esters is 1. The van der Waals surface area contributed by atoms with Gasteiger partial charge in [0.05, 0.1) is 25.9 Å². The highest BCUT2D eigenvalue weighted by Gasteiger charge is 2.40. The van der Waals surface area contributed by atoms with Crippen LogP contribution in [-0.2, 0) is 21.5 Å². The van der Waals surface area contributed by atoms with Crippen LogP contribution >= 0.6 is 0 Å². The van der Waals surface area contributed by atoms with E-state index < -0.39 is 5.54 Å². The van der Waals surface area contributed by atoms with Crippen molar-refractivity contribution >= 4 is 17.7 Å². The summed E-state index contributed by atoms with van der Waals surface area (Å²) in [7, 11) is 3.09. The number of fused-ring (bicyclic) bond motifs is 1. The molecule has 0 N–H and O–H groups in total. The minimum atomic E-state index is -0.405. The van der Waals surface area contributed by atoms with E-state index in [0.717, 1.165) is 41.3 Å². The molecule has 0 bridgehead atoms. The molecule has 188 valence electrons. The van der Waals surface area contributed by atoms with Gasteiger partial charge in [0.2, 0.25) is 0 Å². The van der Waals surface area contributed by atoms with E-state index in [1.165, 1.54) is 29.9 Å². The third-order valence-electron chi connectivity index (χ3n) is 6.90. The Labute approximate surface area is 214 Å². The Morgan fingerprint density at radius 1 is 1.03 bits per heavy atom. The van der Waals surface area contributed by atoms with Gasteiger partial charge < -0.3 is 19.1 Å². The van der Waals surface area contributed by atoms with E-state index in [9.17, 15) is 4.79 Å². The highest BCUT2D eigenvalue weighted by molar-refractivity contribution is 5.86. The van der Waals surface area contributed by atoms with Crippen molar-refractivity contribution in [1.29, 1.82) is 0 Å². The van der Waals surface area contributed by atoms with E-state index in [1.54, 1.807) is 13.2 Å². The molecule has 0 radical (unpaired) electrons. The van der Waals surface area contributed by atoms with Crippen LogP contribution in [0.1, 0.15) is 48.6 Å². The Bertz CT molecular complexity index is 1260. The average molecular weight is 486 g/mol. The maximum absolute atomic E-state index is 11.5. The number of benzene rings is 3. The van der Waals surface area contributed by atoms with Gasteiger partial charge in [0.1, 0.15) is 11.5 Å². The van der Waals surface area contributed by atoms with Crippen molar-refractivity contribution in [2.45, 2.75) is 45.8 Å². The fourth-order valence-electron chi connectivity index (χ4n) is 5.02. The lowest BCUT2D eigenvalue weighted by Gasteiger charge is -2.48. The maximum Gasteiger partial charge on any atom is 0.330 e. The number of hydrogen-bond donors (Lipinski definition) is 0.